The number of aryl methyl sites for hydroxylation is 1. The van der Waals surface area contributed by atoms with Crippen LogP contribution in [0.4, 0.5) is 0 Å². The minimum absolute atomic E-state index is 0.147. The first kappa shape index (κ1) is 30.5. The Morgan fingerprint density at radius 2 is 1.38 bits per heavy atom. The van der Waals surface area contributed by atoms with Crippen LogP contribution in [-0.2, 0) is 11.2 Å². The van der Waals surface area contributed by atoms with Gasteiger partial charge in [0, 0.05) is 66.9 Å². The molecule has 0 spiro atoms. The van der Waals surface area contributed by atoms with Gasteiger partial charge in [-0.15, -0.1) is 0 Å². The van der Waals surface area contributed by atoms with Gasteiger partial charge in [-0.3, -0.25) is 13.6 Å². The number of benzene rings is 1. The lowest BCUT2D eigenvalue weighted by Crippen LogP contribution is -2.34. The highest BCUT2D eigenvalue weighted by Gasteiger charge is 2.34. The average Bonchev–Trinajstić information content (AvgIpc) is 3.93. The molecule has 1 saturated carbocycles. The zero-order chi connectivity index (χ0) is 32.6. The highest BCUT2D eigenvalue weighted by Crippen LogP contribution is 2.42. The molecule has 0 radical (unpaired) electrons. The number of piperidine rings is 1. The number of H-pyrrole nitrogens is 2. The molecule has 1 aliphatic carbocycles. The van der Waals surface area contributed by atoms with Gasteiger partial charge in [0.05, 0.1) is 23.4 Å². The molecule has 10 nitrogen and oxygen atoms in total. The number of fused-ring (bicyclic) bond motifs is 6. The van der Waals surface area contributed by atoms with Crippen LogP contribution in [0, 0.1) is 17.8 Å². The van der Waals surface area contributed by atoms with Crippen LogP contribution in [0.15, 0.2) is 79.6 Å². The number of ketones is 1. The molecule has 246 valence electrons. The molecule has 7 aromatic rings. The van der Waals surface area contributed by atoms with E-state index in [1.165, 1.54) is 23.4 Å². The third-order valence-corrected chi connectivity index (χ3v) is 10.9. The maximum Gasteiger partial charge on any atom is 0.156 e. The molecule has 0 amide bonds. The number of carbonyl (C=O) groups is 1. The number of rotatable bonds is 6. The standard InChI is InChI=1S/C24H26N4O.C14H17N5/c1-16-7-9-18(22(29)10-8-17-5-3-2-4-6-17)13-19(16)21-14-26-23-15-27-24-20(28(21)23)11-12-25-24;1-9-2-4-15-6-10(9)12-7-17-13-8-18-14-11(19(12)13)3-5-16-14/h2-6,11-12,14-16,18-19,25H,7-10,13H2,1H3;3,5,7-10,15-16H,2,4,6H2,1H3. The second kappa shape index (κ2) is 13.0. The normalized spacial score (nSPS) is 23.1. The maximum atomic E-state index is 13.0. The second-order valence-corrected chi connectivity index (χ2v) is 13.8. The van der Waals surface area contributed by atoms with Crippen LogP contribution >= 0.6 is 0 Å². The third-order valence-electron chi connectivity index (χ3n) is 10.9. The summed E-state index contributed by atoms with van der Waals surface area (Å²) in [7, 11) is 0. The topological polar surface area (TPSA) is 121 Å². The Balaban J connectivity index is 0.000000153. The van der Waals surface area contributed by atoms with Crippen molar-refractivity contribution < 1.29 is 4.79 Å². The van der Waals surface area contributed by atoms with E-state index in [4.69, 9.17) is 0 Å². The van der Waals surface area contributed by atoms with Crippen molar-refractivity contribution >= 4 is 39.4 Å². The van der Waals surface area contributed by atoms with Crippen LogP contribution in [-0.4, -0.2) is 57.6 Å². The van der Waals surface area contributed by atoms with Crippen LogP contribution in [0.1, 0.15) is 74.7 Å². The Morgan fingerprint density at radius 1 is 0.750 bits per heavy atom. The monoisotopic (exact) mass is 641 g/mol. The van der Waals surface area contributed by atoms with Gasteiger partial charge >= 0.3 is 0 Å². The fraction of sp³-hybridized carbons (Fsp3) is 0.395. The Bertz CT molecular complexity index is 2170. The molecule has 7 heterocycles. The molecule has 10 heteroatoms. The number of hydrogen-bond donors (Lipinski definition) is 3. The van der Waals surface area contributed by atoms with E-state index in [0.717, 1.165) is 72.4 Å². The third kappa shape index (κ3) is 5.68. The van der Waals surface area contributed by atoms with Crippen LogP contribution in [0.5, 0.6) is 0 Å². The molecule has 1 aromatic carbocycles. The summed E-state index contributed by atoms with van der Waals surface area (Å²) in [5.41, 5.74) is 9.51. The first-order chi connectivity index (χ1) is 23.5. The van der Waals surface area contributed by atoms with Gasteiger partial charge in [-0.1, -0.05) is 44.2 Å². The molecular formula is C38H43N9O. The molecule has 1 saturated heterocycles. The summed E-state index contributed by atoms with van der Waals surface area (Å²) in [6.07, 6.45) is 17.2. The lowest BCUT2D eigenvalue weighted by Gasteiger charge is -2.33. The Hall–Kier alpha value is -4.83. The molecule has 2 aliphatic rings. The van der Waals surface area contributed by atoms with Crippen molar-refractivity contribution in [3.8, 4) is 0 Å². The van der Waals surface area contributed by atoms with Gasteiger partial charge in [-0.05, 0) is 68.2 Å². The summed E-state index contributed by atoms with van der Waals surface area (Å²) in [4.78, 5) is 37.3. The number of carbonyl (C=O) groups excluding carboxylic acids is 1. The first-order valence-corrected chi connectivity index (χ1v) is 17.4. The Morgan fingerprint density at radius 3 is 2.02 bits per heavy atom. The number of nitrogens with one attached hydrogen (secondary N) is 3. The predicted octanol–water partition coefficient (Wildman–Crippen LogP) is 6.86. The van der Waals surface area contributed by atoms with Crippen LogP contribution in [0.2, 0.25) is 0 Å². The molecule has 9 rings (SSSR count). The van der Waals surface area contributed by atoms with Gasteiger partial charge in [0.25, 0.3) is 0 Å². The number of nitrogens with zero attached hydrogens (tertiary/aromatic N) is 6. The van der Waals surface area contributed by atoms with Crippen molar-refractivity contribution in [2.75, 3.05) is 13.1 Å². The minimum atomic E-state index is 0.147. The number of hydrogen-bond acceptors (Lipinski definition) is 6. The molecule has 3 N–H and O–H groups in total. The summed E-state index contributed by atoms with van der Waals surface area (Å²) in [5, 5.41) is 3.50. The van der Waals surface area contributed by atoms with Gasteiger partial charge in [0.2, 0.25) is 0 Å². The fourth-order valence-corrected chi connectivity index (χ4v) is 8.04. The van der Waals surface area contributed by atoms with E-state index in [1.54, 1.807) is 0 Å². The van der Waals surface area contributed by atoms with Gasteiger partial charge in [0.1, 0.15) is 5.78 Å². The average molecular weight is 642 g/mol. The van der Waals surface area contributed by atoms with E-state index in [1.807, 2.05) is 55.4 Å². The van der Waals surface area contributed by atoms with Crippen molar-refractivity contribution in [2.24, 2.45) is 17.8 Å². The molecule has 5 unspecified atom stereocenters. The molecule has 48 heavy (non-hydrogen) atoms. The molecule has 2 fully saturated rings. The van der Waals surface area contributed by atoms with Crippen molar-refractivity contribution in [1.29, 1.82) is 0 Å². The summed E-state index contributed by atoms with van der Waals surface area (Å²) >= 11 is 0. The quantitative estimate of drug-likeness (QED) is 0.183. The minimum Gasteiger partial charge on any atom is -0.345 e. The van der Waals surface area contributed by atoms with Crippen molar-refractivity contribution in [2.45, 2.75) is 64.2 Å². The predicted molar refractivity (Wildman–Crippen MR) is 188 cm³/mol. The number of imidazole rings is 2. The first-order valence-electron chi connectivity index (χ1n) is 17.4. The lowest BCUT2D eigenvalue weighted by molar-refractivity contribution is -0.124. The van der Waals surface area contributed by atoms with Gasteiger partial charge in [-0.2, -0.15) is 0 Å². The van der Waals surface area contributed by atoms with Crippen molar-refractivity contribution in [1.82, 2.24) is 44.0 Å². The Kier molecular flexibility index (Phi) is 8.26. The molecular weight excluding hydrogens is 598 g/mol. The lowest BCUT2D eigenvalue weighted by atomic mass is 9.71. The molecule has 1 aliphatic heterocycles. The smallest absolute Gasteiger partial charge is 0.156 e. The number of aromatic nitrogens is 8. The van der Waals surface area contributed by atoms with E-state index < -0.39 is 0 Å². The van der Waals surface area contributed by atoms with E-state index in [9.17, 15) is 4.79 Å². The Labute approximate surface area is 279 Å². The van der Waals surface area contributed by atoms with Gasteiger partial charge in [0.15, 0.2) is 22.6 Å². The molecule has 6 aromatic heterocycles. The van der Waals surface area contributed by atoms with Gasteiger partial charge < -0.3 is 15.3 Å². The summed E-state index contributed by atoms with van der Waals surface area (Å²) in [6, 6.07) is 14.4. The van der Waals surface area contributed by atoms with Crippen molar-refractivity contribution in [3.63, 3.8) is 0 Å². The summed E-state index contributed by atoms with van der Waals surface area (Å²) < 4.78 is 4.46. The van der Waals surface area contributed by atoms with E-state index in [-0.39, 0.29) is 5.92 Å². The van der Waals surface area contributed by atoms with Crippen LogP contribution < -0.4 is 5.32 Å². The molecule has 0 bridgehead atoms. The highest BCUT2D eigenvalue weighted by molar-refractivity contribution is 5.81. The summed E-state index contributed by atoms with van der Waals surface area (Å²) in [6.45, 7) is 6.79. The van der Waals surface area contributed by atoms with Crippen LogP contribution in [0.3, 0.4) is 0 Å². The number of Topliss-reactive ketones (excluding diaryl/α,β-unsaturated/α-hetero) is 1. The molecule has 5 atom stereocenters. The SMILES string of the molecule is CC1CCC(C(=O)CCc2ccccc2)CC1c1cnc2cnc3[nH]ccc3n12.CC1CCNCC1c1cnc2cnc3[nH]ccc3n12. The number of aromatic amines is 2. The van der Waals surface area contributed by atoms with E-state index in [0.29, 0.717) is 35.9 Å². The maximum absolute atomic E-state index is 13.0. The van der Waals surface area contributed by atoms with Gasteiger partial charge in [-0.25, -0.2) is 19.9 Å². The van der Waals surface area contributed by atoms with Crippen LogP contribution in [0.25, 0.3) is 33.6 Å². The largest absolute Gasteiger partial charge is 0.345 e. The fourth-order valence-electron chi connectivity index (χ4n) is 8.04. The summed E-state index contributed by atoms with van der Waals surface area (Å²) in [5.74, 6) is 2.63. The highest BCUT2D eigenvalue weighted by atomic mass is 16.1. The zero-order valence-electron chi connectivity index (χ0n) is 27.6. The van der Waals surface area contributed by atoms with E-state index in [2.05, 4.69) is 82.1 Å². The van der Waals surface area contributed by atoms with E-state index >= 15 is 0 Å². The zero-order valence-corrected chi connectivity index (χ0v) is 27.6. The second-order valence-electron chi connectivity index (χ2n) is 13.8. The van der Waals surface area contributed by atoms with Crippen molar-refractivity contribution in [3.05, 3.63) is 96.6 Å².